The Morgan fingerprint density at radius 2 is 2.09 bits per heavy atom. The van der Waals surface area contributed by atoms with Gasteiger partial charge in [-0.25, -0.2) is 4.98 Å². The lowest BCUT2D eigenvalue weighted by Crippen LogP contribution is -2.49. The number of fused-ring (bicyclic) bond motifs is 4. The SMILES string of the molecule is C/C=C\c1ccc2n(c1=O)C[C@@H]1[C@@H](CO)[C@H](C(=O)NCCc3cn(C)cn3)[C@H]2N1C(=O)C1CC1. The number of aliphatic hydroxyl groups is 1. The summed E-state index contributed by atoms with van der Waals surface area (Å²) in [6, 6.07) is 2.67. The molecule has 3 aliphatic rings. The summed E-state index contributed by atoms with van der Waals surface area (Å²) in [7, 11) is 1.90. The quantitative estimate of drug-likeness (QED) is 0.631. The van der Waals surface area contributed by atoms with Crippen LogP contribution in [0.3, 0.4) is 0 Å². The van der Waals surface area contributed by atoms with Crippen LogP contribution in [0.4, 0.5) is 0 Å². The van der Waals surface area contributed by atoms with Crippen LogP contribution in [0.1, 0.15) is 42.8 Å². The minimum absolute atomic E-state index is 0.0177. The summed E-state index contributed by atoms with van der Waals surface area (Å²) in [5.41, 5.74) is 2.00. The van der Waals surface area contributed by atoms with Crippen molar-refractivity contribution in [3.05, 3.63) is 58.0 Å². The van der Waals surface area contributed by atoms with Crippen LogP contribution in [0.2, 0.25) is 0 Å². The van der Waals surface area contributed by atoms with Gasteiger partial charge in [-0.3, -0.25) is 14.4 Å². The van der Waals surface area contributed by atoms with Crippen LogP contribution in [-0.2, 0) is 29.6 Å². The zero-order valence-electron chi connectivity index (χ0n) is 19.6. The predicted molar refractivity (Wildman–Crippen MR) is 125 cm³/mol. The van der Waals surface area contributed by atoms with Crippen molar-refractivity contribution in [2.75, 3.05) is 13.2 Å². The molecular formula is C25H31N5O4. The number of nitrogens with zero attached hydrogens (tertiary/aromatic N) is 4. The number of aliphatic hydroxyl groups excluding tert-OH is 1. The molecule has 0 aromatic carbocycles. The van der Waals surface area contributed by atoms with E-state index in [0.717, 1.165) is 18.5 Å². The predicted octanol–water partition coefficient (Wildman–Crippen LogP) is 0.874. The Morgan fingerprint density at radius 3 is 2.74 bits per heavy atom. The number of aryl methyl sites for hydroxylation is 1. The second-order valence-electron chi connectivity index (χ2n) is 9.60. The summed E-state index contributed by atoms with van der Waals surface area (Å²) in [5, 5.41) is 13.4. The van der Waals surface area contributed by atoms with Gasteiger partial charge in [-0.1, -0.05) is 12.2 Å². The van der Waals surface area contributed by atoms with E-state index < -0.39 is 17.9 Å². The van der Waals surface area contributed by atoms with Gasteiger partial charge in [0.2, 0.25) is 11.8 Å². The standard InChI is InChI=1S/C25H31N5O4/c1-3-4-15-7-8-19-22-21(23(32)26-10-9-17-11-28(2)14-27-17)18(13-31)20(12-29(19)24(15)33)30(22)25(34)16-5-6-16/h3-4,7-8,11,14,16,18,20-22,31H,5-6,9-10,12-13H2,1-2H3,(H,26,32)/b4-3-/t18-,20-,21+,22+/m1/s1. The van der Waals surface area contributed by atoms with Gasteiger partial charge in [0.15, 0.2) is 0 Å². The molecule has 9 nitrogen and oxygen atoms in total. The third kappa shape index (κ3) is 3.77. The molecule has 5 rings (SSSR count). The summed E-state index contributed by atoms with van der Waals surface area (Å²) in [5.74, 6) is -1.24. The van der Waals surface area contributed by atoms with Crippen LogP contribution in [-0.4, -0.2) is 55.1 Å². The number of carbonyl (C=O) groups is 2. The molecule has 2 N–H and O–H groups in total. The molecule has 0 radical (unpaired) electrons. The fourth-order valence-electron chi connectivity index (χ4n) is 5.60. The highest BCUT2D eigenvalue weighted by molar-refractivity contribution is 5.86. The smallest absolute Gasteiger partial charge is 0.258 e. The number of imidazole rings is 1. The second-order valence-corrected chi connectivity index (χ2v) is 9.60. The minimum atomic E-state index is -0.623. The van der Waals surface area contributed by atoms with Crippen molar-refractivity contribution in [2.24, 2.45) is 24.8 Å². The third-order valence-electron chi connectivity index (χ3n) is 7.34. The monoisotopic (exact) mass is 465 g/mol. The topological polar surface area (TPSA) is 109 Å². The van der Waals surface area contributed by atoms with E-state index in [0.29, 0.717) is 24.2 Å². The highest BCUT2D eigenvalue weighted by Crippen LogP contribution is 2.50. The molecule has 0 spiro atoms. The van der Waals surface area contributed by atoms with E-state index in [4.69, 9.17) is 0 Å². The zero-order valence-corrected chi connectivity index (χ0v) is 19.6. The van der Waals surface area contributed by atoms with Gasteiger partial charge in [0.05, 0.1) is 30.0 Å². The Hall–Kier alpha value is -3.20. The lowest BCUT2D eigenvalue weighted by atomic mass is 9.86. The van der Waals surface area contributed by atoms with E-state index in [1.807, 2.05) is 41.8 Å². The van der Waals surface area contributed by atoms with Crippen molar-refractivity contribution in [1.29, 1.82) is 0 Å². The molecule has 1 saturated heterocycles. The summed E-state index contributed by atoms with van der Waals surface area (Å²) < 4.78 is 3.56. The van der Waals surface area contributed by atoms with E-state index in [1.54, 1.807) is 23.0 Å². The Morgan fingerprint density at radius 1 is 1.29 bits per heavy atom. The van der Waals surface area contributed by atoms with Crippen LogP contribution in [0.5, 0.6) is 0 Å². The zero-order chi connectivity index (χ0) is 24.0. The third-order valence-corrected chi connectivity index (χ3v) is 7.34. The molecular weight excluding hydrogens is 434 g/mol. The van der Waals surface area contributed by atoms with Crippen molar-refractivity contribution in [1.82, 2.24) is 24.3 Å². The summed E-state index contributed by atoms with van der Waals surface area (Å²) in [4.78, 5) is 46.1. The van der Waals surface area contributed by atoms with Crippen LogP contribution in [0.25, 0.3) is 6.08 Å². The molecule has 2 amide bonds. The summed E-state index contributed by atoms with van der Waals surface area (Å²) >= 11 is 0. The number of carbonyl (C=O) groups excluding carboxylic acids is 2. The molecule has 1 saturated carbocycles. The first kappa shape index (κ1) is 22.6. The summed E-state index contributed by atoms with van der Waals surface area (Å²) in [6.07, 6.45) is 9.51. The molecule has 0 unspecified atom stereocenters. The maximum Gasteiger partial charge on any atom is 0.258 e. The number of hydrogen-bond acceptors (Lipinski definition) is 5. The van der Waals surface area contributed by atoms with Crippen LogP contribution >= 0.6 is 0 Å². The number of amides is 2. The molecule has 2 bridgehead atoms. The molecule has 4 atom stereocenters. The van der Waals surface area contributed by atoms with Crippen LogP contribution in [0.15, 0.2) is 35.5 Å². The Balaban J connectivity index is 1.48. The summed E-state index contributed by atoms with van der Waals surface area (Å²) in [6.45, 7) is 2.33. The van der Waals surface area contributed by atoms with E-state index in [2.05, 4.69) is 10.3 Å². The average Bonchev–Trinajstić information content (AvgIpc) is 3.54. The normalized spacial score (nSPS) is 25.6. The van der Waals surface area contributed by atoms with Gasteiger partial charge in [-0.05, 0) is 31.9 Å². The molecule has 4 heterocycles. The highest BCUT2D eigenvalue weighted by atomic mass is 16.3. The molecule has 1 aliphatic carbocycles. The Bertz CT molecular complexity index is 1190. The van der Waals surface area contributed by atoms with E-state index in [1.165, 1.54) is 0 Å². The number of aromatic nitrogens is 3. The minimum Gasteiger partial charge on any atom is -0.396 e. The van der Waals surface area contributed by atoms with Gasteiger partial charge < -0.3 is 24.5 Å². The van der Waals surface area contributed by atoms with E-state index in [-0.39, 0.29) is 42.5 Å². The van der Waals surface area contributed by atoms with Gasteiger partial charge in [-0.15, -0.1) is 0 Å². The number of nitrogens with one attached hydrogen (secondary N) is 1. The van der Waals surface area contributed by atoms with Crippen LogP contribution < -0.4 is 10.9 Å². The Labute approximate surface area is 198 Å². The van der Waals surface area contributed by atoms with Gasteiger partial charge in [0.1, 0.15) is 0 Å². The van der Waals surface area contributed by atoms with Crippen molar-refractivity contribution in [3.63, 3.8) is 0 Å². The molecule has 2 aliphatic heterocycles. The van der Waals surface area contributed by atoms with Gasteiger partial charge in [-0.2, -0.15) is 0 Å². The molecule has 2 aromatic rings. The molecule has 180 valence electrons. The highest BCUT2D eigenvalue weighted by Gasteiger charge is 2.58. The number of hydrogen-bond donors (Lipinski definition) is 2. The lowest BCUT2D eigenvalue weighted by Gasteiger charge is -2.38. The number of allylic oxidation sites excluding steroid dienone is 1. The maximum atomic E-state index is 13.5. The molecule has 9 heteroatoms. The largest absolute Gasteiger partial charge is 0.396 e. The van der Waals surface area contributed by atoms with E-state index >= 15 is 0 Å². The first-order valence-electron chi connectivity index (χ1n) is 12.0. The first-order chi connectivity index (χ1) is 16.4. The number of pyridine rings is 1. The van der Waals surface area contributed by atoms with Gasteiger partial charge in [0.25, 0.3) is 5.56 Å². The molecule has 34 heavy (non-hydrogen) atoms. The first-order valence-corrected chi connectivity index (χ1v) is 12.0. The maximum absolute atomic E-state index is 13.5. The fourth-order valence-corrected chi connectivity index (χ4v) is 5.60. The van der Waals surface area contributed by atoms with Crippen LogP contribution in [0, 0.1) is 17.8 Å². The Kier molecular flexibility index (Phi) is 5.89. The number of rotatable bonds is 7. The van der Waals surface area contributed by atoms with Gasteiger partial charge >= 0.3 is 0 Å². The molecule has 2 fully saturated rings. The van der Waals surface area contributed by atoms with Crippen molar-refractivity contribution in [3.8, 4) is 0 Å². The van der Waals surface area contributed by atoms with Gasteiger partial charge in [0, 0.05) is 62.5 Å². The molecule has 2 aromatic heterocycles. The second kappa shape index (κ2) is 8.87. The van der Waals surface area contributed by atoms with E-state index in [9.17, 15) is 19.5 Å². The fraction of sp³-hybridized carbons (Fsp3) is 0.520. The van der Waals surface area contributed by atoms with Crippen molar-refractivity contribution in [2.45, 2.75) is 44.8 Å². The van der Waals surface area contributed by atoms with Crippen molar-refractivity contribution >= 4 is 17.9 Å². The lowest BCUT2D eigenvalue weighted by molar-refractivity contribution is -0.138. The average molecular weight is 466 g/mol. The van der Waals surface area contributed by atoms with Crippen molar-refractivity contribution < 1.29 is 14.7 Å².